The number of hydrogen-bond acceptors (Lipinski definition) is 3. The normalized spacial score (nSPS) is 18.1. The van der Waals surface area contributed by atoms with Gasteiger partial charge in [-0.2, -0.15) is 0 Å². The zero-order valence-corrected chi connectivity index (χ0v) is 12.4. The molecule has 19 heavy (non-hydrogen) atoms. The second-order valence-corrected chi connectivity index (χ2v) is 5.93. The number of pyridine rings is 1. The van der Waals surface area contributed by atoms with Crippen molar-refractivity contribution in [2.75, 3.05) is 13.1 Å². The molecule has 1 heterocycles. The quantitative estimate of drug-likeness (QED) is 0.856. The molecule has 2 rings (SSSR count). The summed E-state index contributed by atoms with van der Waals surface area (Å²) >= 11 is 0. The molecule has 3 nitrogen and oxygen atoms in total. The lowest BCUT2D eigenvalue weighted by Crippen LogP contribution is -2.51. The Balaban J connectivity index is 2.15. The summed E-state index contributed by atoms with van der Waals surface area (Å²) in [7, 11) is 0. The van der Waals surface area contributed by atoms with Gasteiger partial charge < -0.3 is 5.73 Å². The molecule has 0 aromatic carbocycles. The van der Waals surface area contributed by atoms with E-state index in [4.69, 9.17) is 5.73 Å². The highest BCUT2D eigenvalue weighted by Crippen LogP contribution is 2.35. The summed E-state index contributed by atoms with van der Waals surface area (Å²) in [5.74, 6) is 0. The molecule has 1 aromatic heterocycles. The van der Waals surface area contributed by atoms with Crippen LogP contribution < -0.4 is 5.73 Å². The maximum Gasteiger partial charge on any atom is 0.0335 e. The average molecular weight is 261 g/mol. The summed E-state index contributed by atoms with van der Waals surface area (Å²) in [6.45, 7) is 7.26. The fraction of sp³-hybridized carbons (Fsp3) is 0.688. The van der Waals surface area contributed by atoms with Gasteiger partial charge in [0.1, 0.15) is 0 Å². The van der Waals surface area contributed by atoms with Crippen molar-refractivity contribution in [3.8, 4) is 0 Å². The Morgan fingerprint density at radius 1 is 1.32 bits per heavy atom. The van der Waals surface area contributed by atoms with Crippen LogP contribution >= 0.6 is 0 Å². The molecule has 1 fully saturated rings. The van der Waals surface area contributed by atoms with Gasteiger partial charge >= 0.3 is 0 Å². The Kier molecular flexibility index (Phi) is 4.94. The number of hydrogen-bond donors (Lipinski definition) is 1. The lowest BCUT2D eigenvalue weighted by Gasteiger charge is -2.40. The van der Waals surface area contributed by atoms with Gasteiger partial charge in [0.25, 0.3) is 0 Å². The van der Waals surface area contributed by atoms with Crippen molar-refractivity contribution in [3.63, 3.8) is 0 Å². The van der Waals surface area contributed by atoms with Crippen molar-refractivity contribution in [1.82, 2.24) is 9.88 Å². The van der Waals surface area contributed by atoms with Crippen molar-refractivity contribution in [1.29, 1.82) is 0 Å². The molecule has 3 heteroatoms. The number of aromatic nitrogens is 1. The van der Waals surface area contributed by atoms with E-state index in [-0.39, 0.29) is 5.54 Å². The van der Waals surface area contributed by atoms with Crippen LogP contribution in [0.2, 0.25) is 0 Å². The van der Waals surface area contributed by atoms with Crippen LogP contribution in [0.25, 0.3) is 0 Å². The van der Waals surface area contributed by atoms with Gasteiger partial charge in [0.2, 0.25) is 0 Å². The molecule has 1 aliphatic rings. The maximum absolute atomic E-state index is 6.13. The third-order valence-corrected chi connectivity index (χ3v) is 4.38. The van der Waals surface area contributed by atoms with Gasteiger partial charge in [0.05, 0.1) is 0 Å². The Morgan fingerprint density at radius 2 is 2.05 bits per heavy atom. The van der Waals surface area contributed by atoms with Crippen molar-refractivity contribution >= 4 is 0 Å². The molecule has 0 unspecified atom stereocenters. The molecular weight excluding hydrogens is 234 g/mol. The minimum absolute atomic E-state index is 0.236. The molecule has 0 aliphatic heterocycles. The third-order valence-electron chi connectivity index (χ3n) is 4.38. The van der Waals surface area contributed by atoms with Gasteiger partial charge in [-0.15, -0.1) is 0 Å². The van der Waals surface area contributed by atoms with E-state index in [0.29, 0.717) is 0 Å². The van der Waals surface area contributed by atoms with E-state index in [1.165, 1.54) is 43.2 Å². The van der Waals surface area contributed by atoms with E-state index in [2.05, 4.69) is 29.8 Å². The second kappa shape index (κ2) is 6.49. The monoisotopic (exact) mass is 261 g/mol. The van der Waals surface area contributed by atoms with Crippen LogP contribution in [-0.4, -0.2) is 28.5 Å². The fourth-order valence-electron chi connectivity index (χ4n) is 3.36. The first-order valence-electron chi connectivity index (χ1n) is 7.56. The van der Waals surface area contributed by atoms with Crippen molar-refractivity contribution in [2.24, 2.45) is 5.73 Å². The molecule has 0 radical (unpaired) electrons. The van der Waals surface area contributed by atoms with Gasteiger partial charge in [0, 0.05) is 31.0 Å². The van der Waals surface area contributed by atoms with Crippen LogP contribution in [0.3, 0.4) is 0 Å². The highest BCUT2D eigenvalue weighted by Gasteiger charge is 2.37. The topological polar surface area (TPSA) is 42.2 Å². The molecular formula is C16H27N3. The van der Waals surface area contributed by atoms with Crippen LogP contribution in [0.15, 0.2) is 18.5 Å². The highest BCUT2D eigenvalue weighted by molar-refractivity contribution is 5.17. The second-order valence-electron chi connectivity index (χ2n) is 5.93. The molecule has 2 N–H and O–H groups in total. The van der Waals surface area contributed by atoms with E-state index in [1.807, 2.05) is 12.4 Å². The van der Waals surface area contributed by atoms with E-state index in [1.54, 1.807) is 0 Å². The number of rotatable bonds is 6. The molecule has 1 saturated carbocycles. The Hall–Kier alpha value is -0.930. The molecule has 0 spiro atoms. The van der Waals surface area contributed by atoms with Crippen LogP contribution in [0, 0.1) is 6.92 Å². The van der Waals surface area contributed by atoms with Crippen molar-refractivity contribution < 1.29 is 0 Å². The summed E-state index contributed by atoms with van der Waals surface area (Å²) in [5, 5.41) is 0. The smallest absolute Gasteiger partial charge is 0.0335 e. The summed E-state index contributed by atoms with van der Waals surface area (Å²) in [4.78, 5) is 6.92. The number of aryl methyl sites for hydroxylation is 1. The fourth-order valence-corrected chi connectivity index (χ4v) is 3.36. The number of nitrogens with zero attached hydrogens (tertiary/aromatic N) is 2. The zero-order valence-electron chi connectivity index (χ0n) is 12.4. The standard InChI is InChI=1S/C16H27N3/c1-3-8-19(16(13-17)6-4-5-7-16)12-15-9-14(2)10-18-11-15/h9-11H,3-8,12-13,17H2,1-2H3. The van der Waals surface area contributed by atoms with Crippen LogP contribution in [-0.2, 0) is 6.54 Å². The average Bonchev–Trinajstić information content (AvgIpc) is 2.88. The molecule has 106 valence electrons. The van der Waals surface area contributed by atoms with Gasteiger partial charge in [-0.3, -0.25) is 9.88 Å². The third kappa shape index (κ3) is 3.34. The first kappa shape index (κ1) is 14.5. The van der Waals surface area contributed by atoms with Crippen LogP contribution in [0.5, 0.6) is 0 Å². The van der Waals surface area contributed by atoms with Gasteiger partial charge in [-0.1, -0.05) is 25.8 Å². The molecule has 0 amide bonds. The van der Waals surface area contributed by atoms with Crippen LogP contribution in [0.1, 0.15) is 50.2 Å². The van der Waals surface area contributed by atoms with Crippen molar-refractivity contribution in [2.45, 2.75) is 58.0 Å². The summed E-state index contributed by atoms with van der Waals surface area (Å²) in [6, 6.07) is 2.24. The van der Waals surface area contributed by atoms with Gasteiger partial charge in [-0.05, 0) is 43.9 Å². The SMILES string of the molecule is CCCN(Cc1cncc(C)c1)C1(CN)CCCC1. The van der Waals surface area contributed by atoms with Crippen molar-refractivity contribution in [3.05, 3.63) is 29.6 Å². The zero-order chi connectivity index (χ0) is 13.7. The van der Waals surface area contributed by atoms with E-state index in [9.17, 15) is 0 Å². The molecule has 1 aromatic rings. The predicted octanol–water partition coefficient (Wildman–Crippen LogP) is 2.87. The highest BCUT2D eigenvalue weighted by atomic mass is 15.2. The largest absolute Gasteiger partial charge is 0.329 e. The molecule has 1 aliphatic carbocycles. The van der Waals surface area contributed by atoms with E-state index in [0.717, 1.165) is 19.6 Å². The van der Waals surface area contributed by atoms with Gasteiger partial charge in [0.15, 0.2) is 0 Å². The maximum atomic E-state index is 6.13. The van der Waals surface area contributed by atoms with E-state index >= 15 is 0 Å². The number of nitrogens with two attached hydrogens (primary N) is 1. The molecule has 0 atom stereocenters. The summed E-state index contributed by atoms with van der Waals surface area (Å²) in [5.41, 5.74) is 8.91. The summed E-state index contributed by atoms with van der Waals surface area (Å²) < 4.78 is 0. The summed E-state index contributed by atoms with van der Waals surface area (Å²) in [6.07, 6.45) is 10.2. The first-order valence-corrected chi connectivity index (χ1v) is 7.56. The van der Waals surface area contributed by atoms with Gasteiger partial charge in [-0.25, -0.2) is 0 Å². The Bertz CT molecular complexity index is 397. The lowest BCUT2D eigenvalue weighted by atomic mass is 9.94. The minimum Gasteiger partial charge on any atom is -0.329 e. The minimum atomic E-state index is 0.236. The molecule has 0 bridgehead atoms. The molecule has 0 saturated heterocycles. The van der Waals surface area contributed by atoms with E-state index < -0.39 is 0 Å². The van der Waals surface area contributed by atoms with Crippen LogP contribution in [0.4, 0.5) is 0 Å². The Morgan fingerprint density at radius 3 is 2.63 bits per heavy atom. The Labute approximate surface area is 117 Å². The first-order chi connectivity index (χ1) is 9.20. The predicted molar refractivity (Wildman–Crippen MR) is 79.9 cm³/mol. The lowest BCUT2D eigenvalue weighted by molar-refractivity contribution is 0.0902.